The van der Waals surface area contributed by atoms with Gasteiger partial charge >= 0.3 is 0 Å². The monoisotopic (exact) mass is 314 g/mol. The average Bonchev–Trinajstić information content (AvgIpc) is 3.22. The summed E-state index contributed by atoms with van der Waals surface area (Å²) in [5.41, 5.74) is 2.51. The van der Waals surface area contributed by atoms with Gasteiger partial charge < -0.3 is 14.3 Å². The topological polar surface area (TPSA) is 85.3 Å². The summed E-state index contributed by atoms with van der Waals surface area (Å²) < 4.78 is 11.0. The van der Waals surface area contributed by atoms with Gasteiger partial charge in [0, 0.05) is 24.3 Å². The third-order valence-corrected chi connectivity index (χ3v) is 4.59. The molecule has 2 aromatic rings. The van der Waals surface area contributed by atoms with Crippen LogP contribution in [-0.2, 0) is 6.42 Å². The maximum Gasteiger partial charge on any atom is 0.291 e. The molecular formula is C17H18N2O4. The number of aryl methyl sites for hydroxylation is 2. The molecule has 0 radical (unpaired) electrons. The highest BCUT2D eigenvalue weighted by molar-refractivity contribution is 6.07. The minimum absolute atomic E-state index is 0.0615. The smallest absolute Gasteiger partial charge is 0.291 e. The summed E-state index contributed by atoms with van der Waals surface area (Å²) in [5.74, 6) is 1.64. The summed E-state index contributed by atoms with van der Waals surface area (Å²) in [6.45, 7) is 3.57. The van der Waals surface area contributed by atoms with Gasteiger partial charge in [-0.25, -0.2) is 0 Å². The van der Waals surface area contributed by atoms with Crippen molar-refractivity contribution in [2.75, 3.05) is 5.32 Å². The number of hydrogen-bond acceptors (Lipinski definition) is 5. The Kier molecular flexibility index (Phi) is 3.14. The van der Waals surface area contributed by atoms with Crippen molar-refractivity contribution in [2.24, 2.45) is 0 Å². The van der Waals surface area contributed by atoms with E-state index in [0.717, 1.165) is 25.0 Å². The van der Waals surface area contributed by atoms with E-state index in [-0.39, 0.29) is 17.5 Å². The number of aromatic nitrogens is 1. The van der Waals surface area contributed by atoms with Gasteiger partial charge in [-0.1, -0.05) is 5.16 Å². The van der Waals surface area contributed by atoms with Crippen molar-refractivity contribution in [1.82, 2.24) is 5.16 Å². The second-order valence-electron chi connectivity index (χ2n) is 6.37. The molecule has 6 nitrogen and oxygen atoms in total. The van der Waals surface area contributed by atoms with Crippen LogP contribution in [0, 0.1) is 13.8 Å². The van der Waals surface area contributed by atoms with E-state index < -0.39 is 0 Å². The van der Waals surface area contributed by atoms with Crippen LogP contribution in [0.15, 0.2) is 8.94 Å². The Morgan fingerprint density at radius 2 is 2.04 bits per heavy atom. The van der Waals surface area contributed by atoms with Crippen molar-refractivity contribution in [3.8, 4) is 0 Å². The number of carbonyl (C=O) groups is 2. The molecule has 0 aliphatic heterocycles. The molecule has 0 spiro atoms. The molecule has 0 aromatic carbocycles. The van der Waals surface area contributed by atoms with Gasteiger partial charge in [0.2, 0.25) is 0 Å². The van der Waals surface area contributed by atoms with Gasteiger partial charge in [0.05, 0.1) is 5.56 Å². The Morgan fingerprint density at radius 3 is 2.74 bits per heavy atom. The lowest BCUT2D eigenvalue weighted by molar-refractivity contribution is 0.0963. The van der Waals surface area contributed by atoms with E-state index in [1.165, 1.54) is 0 Å². The predicted octanol–water partition coefficient (Wildman–Crippen LogP) is 3.53. The normalized spacial score (nSPS) is 17.2. The molecule has 0 atom stereocenters. The third kappa shape index (κ3) is 2.29. The van der Waals surface area contributed by atoms with Gasteiger partial charge in [0.25, 0.3) is 5.91 Å². The van der Waals surface area contributed by atoms with Gasteiger partial charge in [0.1, 0.15) is 17.1 Å². The van der Waals surface area contributed by atoms with Crippen LogP contribution >= 0.6 is 0 Å². The van der Waals surface area contributed by atoms with E-state index in [1.54, 1.807) is 13.8 Å². The Bertz CT molecular complexity index is 811. The summed E-state index contributed by atoms with van der Waals surface area (Å²) in [4.78, 5) is 24.7. The quantitative estimate of drug-likeness (QED) is 0.936. The molecule has 1 amide bonds. The van der Waals surface area contributed by atoms with E-state index >= 15 is 0 Å². The van der Waals surface area contributed by atoms with Crippen molar-refractivity contribution in [2.45, 2.75) is 51.9 Å². The van der Waals surface area contributed by atoms with Crippen LogP contribution < -0.4 is 5.32 Å². The van der Waals surface area contributed by atoms with Crippen molar-refractivity contribution < 1.29 is 18.5 Å². The first kappa shape index (κ1) is 14.2. The molecule has 23 heavy (non-hydrogen) atoms. The Morgan fingerprint density at radius 1 is 1.26 bits per heavy atom. The van der Waals surface area contributed by atoms with Crippen LogP contribution in [0.5, 0.6) is 0 Å². The summed E-state index contributed by atoms with van der Waals surface area (Å²) in [7, 11) is 0. The first-order valence-corrected chi connectivity index (χ1v) is 7.99. The molecule has 1 N–H and O–H groups in total. The fraction of sp³-hybridized carbons (Fsp3) is 0.471. The number of fused-ring (bicyclic) bond motifs is 1. The summed E-state index contributed by atoms with van der Waals surface area (Å²) in [5, 5.41) is 6.81. The first-order valence-electron chi connectivity index (χ1n) is 7.99. The summed E-state index contributed by atoms with van der Waals surface area (Å²) in [6, 6.07) is 0. The molecule has 120 valence electrons. The first-order chi connectivity index (χ1) is 11.1. The van der Waals surface area contributed by atoms with Crippen molar-refractivity contribution >= 4 is 17.4 Å². The molecular weight excluding hydrogens is 296 g/mol. The number of amides is 1. The molecule has 6 heteroatoms. The van der Waals surface area contributed by atoms with E-state index in [0.29, 0.717) is 47.0 Å². The van der Waals surface area contributed by atoms with Gasteiger partial charge in [-0.3, -0.25) is 9.59 Å². The zero-order chi connectivity index (χ0) is 16.1. The molecule has 4 rings (SSSR count). The molecule has 2 aromatic heterocycles. The highest BCUT2D eigenvalue weighted by Gasteiger charge is 2.34. The Hall–Kier alpha value is -2.37. The van der Waals surface area contributed by atoms with Crippen molar-refractivity contribution in [3.63, 3.8) is 0 Å². The molecule has 1 saturated carbocycles. The van der Waals surface area contributed by atoms with Gasteiger partial charge in [-0.2, -0.15) is 0 Å². The number of hydrogen-bond donors (Lipinski definition) is 1. The summed E-state index contributed by atoms with van der Waals surface area (Å²) in [6.07, 6.45) is 4.11. The molecule has 1 fully saturated rings. The molecule has 2 aliphatic carbocycles. The minimum atomic E-state index is -0.349. The van der Waals surface area contributed by atoms with Crippen LogP contribution in [-0.4, -0.2) is 16.8 Å². The van der Waals surface area contributed by atoms with Crippen molar-refractivity contribution in [3.05, 3.63) is 34.1 Å². The zero-order valence-corrected chi connectivity index (χ0v) is 13.2. The zero-order valence-electron chi connectivity index (χ0n) is 13.2. The minimum Gasteiger partial charge on any atom is -0.455 e. The number of carbonyl (C=O) groups excluding carboxylic acids is 2. The van der Waals surface area contributed by atoms with Gasteiger partial charge in [0.15, 0.2) is 17.3 Å². The largest absolute Gasteiger partial charge is 0.455 e. The lowest BCUT2D eigenvalue weighted by Gasteiger charge is -2.07. The van der Waals surface area contributed by atoms with Crippen LogP contribution in [0.25, 0.3) is 0 Å². The Labute approximate surface area is 133 Å². The lowest BCUT2D eigenvalue weighted by Crippen LogP contribution is -2.14. The van der Waals surface area contributed by atoms with Crippen molar-refractivity contribution in [1.29, 1.82) is 0 Å². The van der Waals surface area contributed by atoms with Crippen LogP contribution in [0.3, 0.4) is 0 Å². The standard InChI is InChI=1S/C17H18N2O4/c1-8-13-11(20)4-3-5-12(13)22-15(8)17(21)18-14-9(2)19-23-16(14)10-6-7-10/h10H,3-7H2,1-2H3,(H,18,21). The Balaban J connectivity index is 1.66. The number of furan rings is 1. The highest BCUT2D eigenvalue weighted by Crippen LogP contribution is 2.44. The van der Waals surface area contributed by atoms with Crippen LogP contribution in [0.4, 0.5) is 5.69 Å². The second kappa shape index (κ2) is 5.08. The SMILES string of the molecule is Cc1noc(C2CC2)c1NC(=O)c1oc2c(c1C)C(=O)CCC2. The highest BCUT2D eigenvalue weighted by atomic mass is 16.5. The molecule has 2 heterocycles. The third-order valence-electron chi connectivity index (χ3n) is 4.59. The number of nitrogens with zero attached hydrogens (tertiary/aromatic N) is 1. The van der Waals surface area contributed by atoms with E-state index in [9.17, 15) is 9.59 Å². The fourth-order valence-corrected chi connectivity index (χ4v) is 3.20. The average molecular weight is 314 g/mol. The number of Topliss-reactive ketones (excluding diaryl/α,β-unsaturated/α-hetero) is 1. The van der Waals surface area contributed by atoms with E-state index in [1.807, 2.05) is 0 Å². The number of rotatable bonds is 3. The maximum absolute atomic E-state index is 12.6. The van der Waals surface area contributed by atoms with Gasteiger partial charge in [-0.15, -0.1) is 0 Å². The predicted molar refractivity (Wildman–Crippen MR) is 81.9 cm³/mol. The summed E-state index contributed by atoms with van der Waals surface area (Å²) >= 11 is 0. The lowest BCUT2D eigenvalue weighted by atomic mass is 9.94. The number of ketones is 1. The fourth-order valence-electron chi connectivity index (χ4n) is 3.20. The van der Waals surface area contributed by atoms with Crippen LogP contribution in [0.2, 0.25) is 0 Å². The number of anilines is 1. The van der Waals surface area contributed by atoms with Crippen LogP contribution in [0.1, 0.15) is 75.3 Å². The van der Waals surface area contributed by atoms with E-state index in [2.05, 4.69) is 10.5 Å². The second-order valence-corrected chi connectivity index (χ2v) is 6.37. The number of nitrogens with one attached hydrogen (secondary N) is 1. The molecule has 0 bridgehead atoms. The molecule has 0 unspecified atom stereocenters. The maximum atomic E-state index is 12.6. The molecule has 0 saturated heterocycles. The molecule has 2 aliphatic rings. The van der Waals surface area contributed by atoms with Gasteiger partial charge in [-0.05, 0) is 33.1 Å². The van der Waals surface area contributed by atoms with E-state index in [4.69, 9.17) is 8.94 Å².